The van der Waals surface area contributed by atoms with Crippen molar-refractivity contribution in [3.63, 3.8) is 0 Å². The lowest BCUT2D eigenvalue weighted by atomic mass is 9.88. The second-order valence-corrected chi connectivity index (χ2v) is 10.9. The van der Waals surface area contributed by atoms with Crippen LogP contribution < -0.4 is 5.32 Å². The van der Waals surface area contributed by atoms with Crippen LogP contribution >= 0.6 is 11.3 Å². The van der Waals surface area contributed by atoms with Gasteiger partial charge in [0.1, 0.15) is 5.52 Å². The first-order valence-corrected chi connectivity index (χ1v) is 11.7. The Morgan fingerprint density at radius 3 is 2.68 bits per heavy atom. The van der Waals surface area contributed by atoms with Gasteiger partial charge in [0.25, 0.3) is 5.91 Å². The van der Waals surface area contributed by atoms with Gasteiger partial charge in [-0.15, -0.1) is 11.3 Å². The average Bonchev–Trinajstić information content (AvgIpc) is 3.29. The molecule has 0 unspecified atom stereocenters. The zero-order valence-corrected chi connectivity index (χ0v) is 19.6. The summed E-state index contributed by atoms with van der Waals surface area (Å²) in [6.07, 6.45) is 6.44. The summed E-state index contributed by atoms with van der Waals surface area (Å²) in [4.78, 5) is 39.3. The molecule has 31 heavy (non-hydrogen) atoms. The molecule has 0 aliphatic heterocycles. The van der Waals surface area contributed by atoms with E-state index in [0.717, 1.165) is 15.7 Å². The Bertz CT molecular complexity index is 1120. The van der Waals surface area contributed by atoms with Gasteiger partial charge in [-0.2, -0.15) is 0 Å². The van der Waals surface area contributed by atoms with Crippen LogP contribution in [0.25, 0.3) is 21.7 Å². The Kier molecular flexibility index (Phi) is 5.73. The first-order chi connectivity index (χ1) is 14.6. The second-order valence-electron chi connectivity index (χ2n) is 9.82. The second kappa shape index (κ2) is 8.19. The molecule has 0 saturated heterocycles. The van der Waals surface area contributed by atoms with Gasteiger partial charge in [0, 0.05) is 18.7 Å². The van der Waals surface area contributed by atoms with Crippen molar-refractivity contribution in [2.75, 3.05) is 0 Å². The van der Waals surface area contributed by atoms with Gasteiger partial charge in [-0.05, 0) is 49.1 Å². The topological polar surface area (TPSA) is 87.7 Å². The van der Waals surface area contributed by atoms with E-state index in [2.05, 4.69) is 43.0 Å². The molecular weight excluding hydrogens is 408 g/mol. The third-order valence-corrected chi connectivity index (χ3v) is 7.49. The van der Waals surface area contributed by atoms with Crippen LogP contribution in [0.5, 0.6) is 0 Å². The lowest BCUT2D eigenvalue weighted by Gasteiger charge is -2.27. The van der Waals surface area contributed by atoms with Crippen molar-refractivity contribution < 1.29 is 9.59 Å². The van der Waals surface area contributed by atoms with Gasteiger partial charge >= 0.3 is 0 Å². The highest BCUT2D eigenvalue weighted by molar-refractivity contribution is 7.17. The molecule has 4 rings (SSSR count). The fraction of sp³-hybridized carbons (Fsp3) is 0.500. The molecule has 1 fully saturated rings. The summed E-state index contributed by atoms with van der Waals surface area (Å²) in [7, 11) is 0. The van der Waals surface area contributed by atoms with E-state index in [9.17, 15) is 9.59 Å². The van der Waals surface area contributed by atoms with Crippen molar-refractivity contribution in [3.8, 4) is 10.6 Å². The monoisotopic (exact) mass is 438 g/mol. The first-order valence-electron chi connectivity index (χ1n) is 10.9. The number of Topliss-reactive ketones (excluding diaryl/α,β-unsaturated/α-hetero) is 1. The maximum Gasteiger partial charge on any atom is 0.255 e. The molecule has 1 amide bonds. The molecule has 0 bridgehead atoms. The highest BCUT2D eigenvalue weighted by Gasteiger charge is 2.30. The summed E-state index contributed by atoms with van der Waals surface area (Å²) in [5.41, 5.74) is 2.22. The Balaban J connectivity index is 1.55. The van der Waals surface area contributed by atoms with Crippen LogP contribution in [0.4, 0.5) is 0 Å². The summed E-state index contributed by atoms with van der Waals surface area (Å²) in [6.45, 7) is 10.4. The number of rotatable bonds is 7. The van der Waals surface area contributed by atoms with Gasteiger partial charge in [-0.3, -0.25) is 9.59 Å². The van der Waals surface area contributed by atoms with E-state index >= 15 is 0 Å². The normalized spacial score (nSPS) is 16.3. The van der Waals surface area contributed by atoms with Crippen LogP contribution in [0.15, 0.2) is 24.5 Å². The predicted octanol–water partition coefficient (Wildman–Crippen LogP) is 5.47. The highest BCUT2D eigenvalue weighted by atomic mass is 32.1. The number of carbonyl (C=O) groups is 2. The van der Waals surface area contributed by atoms with E-state index in [0.29, 0.717) is 34.8 Å². The minimum absolute atomic E-state index is 0.00462. The number of aromatic nitrogens is 3. The van der Waals surface area contributed by atoms with E-state index < -0.39 is 0 Å². The Morgan fingerprint density at radius 1 is 1.26 bits per heavy atom. The Hall–Kier alpha value is -2.54. The van der Waals surface area contributed by atoms with Crippen LogP contribution in [0.2, 0.25) is 0 Å². The predicted molar refractivity (Wildman–Crippen MR) is 124 cm³/mol. The van der Waals surface area contributed by atoms with Crippen molar-refractivity contribution in [1.82, 2.24) is 20.3 Å². The van der Waals surface area contributed by atoms with Gasteiger partial charge in [0.2, 0.25) is 0 Å². The summed E-state index contributed by atoms with van der Waals surface area (Å²) in [5.74, 6) is 1.19. The molecule has 1 aliphatic carbocycles. The van der Waals surface area contributed by atoms with Crippen molar-refractivity contribution in [1.29, 1.82) is 0 Å². The number of amides is 1. The molecule has 3 heterocycles. The van der Waals surface area contributed by atoms with Crippen LogP contribution in [0.3, 0.4) is 0 Å². The number of aromatic amines is 1. The highest BCUT2D eigenvalue weighted by Crippen LogP contribution is 2.39. The summed E-state index contributed by atoms with van der Waals surface area (Å²) < 4.78 is 0. The van der Waals surface area contributed by atoms with E-state index in [4.69, 9.17) is 4.98 Å². The molecule has 2 N–H and O–H groups in total. The fourth-order valence-corrected chi connectivity index (χ4v) is 4.43. The van der Waals surface area contributed by atoms with Gasteiger partial charge in [0.15, 0.2) is 11.4 Å². The molecule has 3 aromatic heterocycles. The molecule has 164 valence electrons. The first kappa shape index (κ1) is 21.7. The Labute approximate surface area is 186 Å². The zero-order chi connectivity index (χ0) is 22.3. The minimum Gasteiger partial charge on any atom is -0.349 e. The number of nitrogens with zero attached hydrogens (tertiary/aromatic N) is 2. The fourth-order valence-electron chi connectivity index (χ4n) is 3.52. The number of nitrogens with one attached hydrogen (secondary N) is 2. The van der Waals surface area contributed by atoms with Gasteiger partial charge < -0.3 is 10.3 Å². The van der Waals surface area contributed by atoms with Crippen molar-refractivity contribution in [2.45, 2.75) is 59.9 Å². The molecule has 0 spiro atoms. The van der Waals surface area contributed by atoms with Crippen LogP contribution in [0.1, 0.15) is 73.9 Å². The summed E-state index contributed by atoms with van der Waals surface area (Å²) in [5, 5.41) is 3.06. The number of ketones is 1. The summed E-state index contributed by atoms with van der Waals surface area (Å²) >= 11 is 1.44. The van der Waals surface area contributed by atoms with Gasteiger partial charge in [-0.25, -0.2) is 9.97 Å². The summed E-state index contributed by atoms with van der Waals surface area (Å²) in [6, 6.07) is 3.80. The van der Waals surface area contributed by atoms with Gasteiger partial charge in [0.05, 0.1) is 27.2 Å². The Morgan fingerprint density at radius 2 is 2.00 bits per heavy atom. The average molecular weight is 439 g/mol. The molecule has 3 aromatic rings. The number of thiophene rings is 1. The van der Waals surface area contributed by atoms with Crippen LogP contribution in [-0.2, 0) is 0 Å². The van der Waals surface area contributed by atoms with Crippen molar-refractivity contribution >= 4 is 34.2 Å². The quantitative estimate of drug-likeness (QED) is 0.479. The minimum atomic E-state index is -0.170. The van der Waals surface area contributed by atoms with Crippen LogP contribution in [0, 0.1) is 17.3 Å². The molecule has 2 atom stereocenters. The molecule has 0 radical (unpaired) electrons. The number of hydrogen-bond acceptors (Lipinski definition) is 5. The molecule has 7 heteroatoms. The number of hydrogen-bond donors (Lipinski definition) is 2. The number of H-pyrrole nitrogens is 1. The number of fused-ring (bicyclic) bond motifs is 1. The van der Waals surface area contributed by atoms with E-state index in [1.165, 1.54) is 24.2 Å². The molecular formula is C24H30N4O2S. The van der Waals surface area contributed by atoms with E-state index in [1.54, 1.807) is 12.4 Å². The van der Waals surface area contributed by atoms with Crippen LogP contribution in [-0.4, -0.2) is 32.7 Å². The molecule has 6 nitrogen and oxygen atoms in total. The maximum atomic E-state index is 12.8. The third kappa shape index (κ3) is 4.71. The standard InChI is InChI=1S/C24H30N4O2S/c1-13(15-6-7-15)10-18(29)20-9-8-19(31-20)17-12-26-22-21(28-17)16(11-25-22)23(30)27-14(2)24(3,4)5/h8-9,11-15H,6-7,10H2,1-5H3,(H,25,26)(H,27,30)/t13-,14-/m0/s1. The largest absolute Gasteiger partial charge is 0.349 e. The van der Waals surface area contributed by atoms with Crippen molar-refractivity contribution in [2.24, 2.45) is 17.3 Å². The lowest BCUT2D eigenvalue weighted by Crippen LogP contribution is -2.41. The van der Waals surface area contributed by atoms with Crippen molar-refractivity contribution in [3.05, 3.63) is 35.0 Å². The smallest absolute Gasteiger partial charge is 0.255 e. The zero-order valence-electron chi connectivity index (χ0n) is 18.8. The SMILES string of the molecule is C[C@H](NC(=O)c1c[nH]c2ncc(-c3ccc(C(=O)C[C@H](C)C4CC4)s3)nc12)C(C)(C)C. The molecule has 0 aromatic carbocycles. The number of carbonyl (C=O) groups excluding carboxylic acids is 2. The van der Waals surface area contributed by atoms with E-state index in [-0.39, 0.29) is 23.1 Å². The third-order valence-electron chi connectivity index (χ3n) is 6.34. The maximum absolute atomic E-state index is 12.8. The van der Waals surface area contributed by atoms with Gasteiger partial charge in [-0.1, -0.05) is 27.7 Å². The van der Waals surface area contributed by atoms with E-state index in [1.807, 2.05) is 19.1 Å². The molecule has 1 aliphatic rings. The molecule has 1 saturated carbocycles. The lowest BCUT2D eigenvalue weighted by molar-refractivity contribution is 0.0910.